The van der Waals surface area contributed by atoms with Crippen LogP contribution in [0.3, 0.4) is 0 Å². The van der Waals surface area contributed by atoms with Gasteiger partial charge in [0.15, 0.2) is 0 Å². The molecule has 2 heterocycles. The Bertz CT molecular complexity index is 336. The summed E-state index contributed by atoms with van der Waals surface area (Å²) in [6.07, 6.45) is 2.00. The first-order chi connectivity index (χ1) is 8.11. The maximum atomic E-state index is 11.8. The molecule has 2 rings (SSSR count). The van der Waals surface area contributed by atoms with Crippen LogP contribution in [0, 0.1) is 5.92 Å². The Morgan fingerprint density at radius 1 is 1.18 bits per heavy atom. The highest BCUT2D eigenvalue weighted by atomic mass is 16.5. The number of likely N-dealkylation sites (tertiary alicyclic amines) is 1. The Hall–Kier alpha value is -1.43. The van der Waals surface area contributed by atoms with Crippen molar-refractivity contribution in [2.75, 3.05) is 13.2 Å². The Morgan fingerprint density at radius 2 is 1.76 bits per heavy atom. The summed E-state index contributed by atoms with van der Waals surface area (Å²) in [5, 5.41) is 9.03. The zero-order valence-electron chi connectivity index (χ0n) is 9.42. The van der Waals surface area contributed by atoms with Crippen molar-refractivity contribution in [1.82, 2.24) is 4.90 Å². The van der Waals surface area contributed by atoms with Gasteiger partial charge in [0.1, 0.15) is 5.92 Å². The van der Waals surface area contributed by atoms with Gasteiger partial charge in [0.25, 0.3) is 0 Å². The summed E-state index contributed by atoms with van der Waals surface area (Å²) in [6.45, 7) is 0.200. The van der Waals surface area contributed by atoms with Crippen LogP contribution in [-0.4, -0.2) is 47.0 Å². The minimum Gasteiger partial charge on any atom is -0.481 e. The van der Waals surface area contributed by atoms with E-state index >= 15 is 0 Å². The van der Waals surface area contributed by atoms with Crippen LogP contribution >= 0.6 is 0 Å². The number of amides is 2. The van der Waals surface area contributed by atoms with E-state index in [0.717, 1.165) is 4.90 Å². The molecular formula is C11H15NO5. The van der Waals surface area contributed by atoms with Gasteiger partial charge in [0.2, 0.25) is 11.8 Å². The number of nitrogens with zero attached hydrogens (tertiary/aromatic N) is 1. The molecule has 1 N–H and O–H groups in total. The molecule has 0 aromatic carbocycles. The molecule has 0 aliphatic carbocycles. The molecule has 0 saturated carbocycles. The van der Waals surface area contributed by atoms with E-state index in [1.807, 2.05) is 0 Å². The van der Waals surface area contributed by atoms with Crippen molar-refractivity contribution in [3.05, 3.63) is 0 Å². The van der Waals surface area contributed by atoms with Gasteiger partial charge in [0.05, 0.1) is 19.3 Å². The molecule has 2 saturated heterocycles. The highest BCUT2D eigenvalue weighted by molar-refractivity contribution is 5.97. The Kier molecular flexibility index (Phi) is 3.42. The predicted molar refractivity (Wildman–Crippen MR) is 56.1 cm³/mol. The fourth-order valence-electron chi connectivity index (χ4n) is 2.34. The lowest BCUT2D eigenvalue weighted by Gasteiger charge is -2.27. The minimum atomic E-state index is -1.02. The smallest absolute Gasteiger partial charge is 0.311 e. The molecule has 6 heteroatoms. The van der Waals surface area contributed by atoms with E-state index in [4.69, 9.17) is 9.84 Å². The van der Waals surface area contributed by atoms with Crippen molar-refractivity contribution in [1.29, 1.82) is 0 Å². The molecule has 0 aromatic rings. The van der Waals surface area contributed by atoms with E-state index in [1.165, 1.54) is 0 Å². The van der Waals surface area contributed by atoms with Gasteiger partial charge in [-0.15, -0.1) is 0 Å². The van der Waals surface area contributed by atoms with Crippen LogP contribution in [-0.2, 0) is 19.1 Å². The fourth-order valence-corrected chi connectivity index (χ4v) is 2.34. The minimum absolute atomic E-state index is 0.0665. The van der Waals surface area contributed by atoms with Gasteiger partial charge >= 0.3 is 5.97 Å². The van der Waals surface area contributed by atoms with Gasteiger partial charge in [-0.2, -0.15) is 0 Å². The summed E-state index contributed by atoms with van der Waals surface area (Å²) in [5.74, 6) is -2.35. The number of carbonyl (C=O) groups excluding carboxylic acids is 2. The molecule has 0 radical (unpaired) electrons. The first-order valence-corrected chi connectivity index (χ1v) is 5.76. The molecule has 0 aromatic heterocycles. The third-order valence-corrected chi connectivity index (χ3v) is 3.27. The topological polar surface area (TPSA) is 83.9 Å². The lowest BCUT2D eigenvalue weighted by molar-refractivity contribution is -0.150. The largest absolute Gasteiger partial charge is 0.481 e. The second-order valence-electron chi connectivity index (χ2n) is 4.41. The number of imide groups is 1. The number of aliphatic carboxylic acids is 1. The summed E-state index contributed by atoms with van der Waals surface area (Å²) >= 11 is 0. The summed E-state index contributed by atoms with van der Waals surface area (Å²) in [7, 11) is 0. The SMILES string of the molecule is O=C(O)C1COCC1N1C(=O)CCCCC1=O. The first-order valence-electron chi connectivity index (χ1n) is 5.76. The molecule has 2 aliphatic rings. The highest BCUT2D eigenvalue weighted by Gasteiger charge is 2.42. The van der Waals surface area contributed by atoms with Crippen LogP contribution in [0.4, 0.5) is 0 Å². The van der Waals surface area contributed by atoms with Crippen molar-refractivity contribution >= 4 is 17.8 Å². The third-order valence-electron chi connectivity index (χ3n) is 3.27. The van der Waals surface area contributed by atoms with Gasteiger partial charge in [0, 0.05) is 12.8 Å². The second kappa shape index (κ2) is 4.83. The average molecular weight is 241 g/mol. The van der Waals surface area contributed by atoms with E-state index in [9.17, 15) is 14.4 Å². The van der Waals surface area contributed by atoms with E-state index in [0.29, 0.717) is 25.7 Å². The summed E-state index contributed by atoms with van der Waals surface area (Å²) < 4.78 is 5.09. The number of carboxylic acid groups (broad SMARTS) is 1. The van der Waals surface area contributed by atoms with Gasteiger partial charge in [-0.05, 0) is 12.8 Å². The van der Waals surface area contributed by atoms with E-state index in [1.54, 1.807) is 0 Å². The van der Waals surface area contributed by atoms with Crippen LogP contribution in [0.25, 0.3) is 0 Å². The summed E-state index contributed by atoms with van der Waals surface area (Å²) in [6, 6.07) is -0.634. The predicted octanol–water partition coefficient (Wildman–Crippen LogP) is 0.0152. The summed E-state index contributed by atoms with van der Waals surface area (Å²) in [5.41, 5.74) is 0. The highest BCUT2D eigenvalue weighted by Crippen LogP contribution is 2.24. The van der Waals surface area contributed by atoms with Crippen LogP contribution in [0.5, 0.6) is 0 Å². The molecule has 2 amide bonds. The zero-order chi connectivity index (χ0) is 12.4. The number of hydrogen-bond donors (Lipinski definition) is 1. The molecule has 2 unspecified atom stereocenters. The lowest BCUT2D eigenvalue weighted by atomic mass is 10.0. The maximum Gasteiger partial charge on any atom is 0.311 e. The van der Waals surface area contributed by atoms with Crippen molar-refractivity contribution < 1.29 is 24.2 Å². The molecule has 0 bridgehead atoms. The Balaban J connectivity index is 2.20. The normalized spacial score (nSPS) is 30.5. The fraction of sp³-hybridized carbons (Fsp3) is 0.727. The number of ether oxygens (including phenoxy) is 1. The monoisotopic (exact) mass is 241 g/mol. The van der Waals surface area contributed by atoms with Crippen molar-refractivity contribution in [3.8, 4) is 0 Å². The van der Waals surface area contributed by atoms with Crippen LogP contribution in [0.2, 0.25) is 0 Å². The molecule has 0 spiro atoms. The summed E-state index contributed by atoms with van der Waals surface area (Å²) in [4.78, 5) is 35.8. The quantitative estimate of drug-likeness (QED) is 0.689. The third kappa shape index (κ3) is 2.31. The molecule has 2 fully saturated rings. The number of carbonyl (C=O) groups is 3. The molecule has 2 aliphatic heterocycles. The van der Waals surface area contributed by atoms with Gasteiger partial charge in [-0.1, -0.05) is 0 Å². The standard InChI is InChI=1S/C11H15NO5/c13-9-3-1-2-4-10(14)12(9)8-6-17-5-7(8)11(15)16/h7-8H,1-6H2,(H,15,16). The second-order valence-corrected chi connectivity index (χ2v) is 4.41. The van der Waals surface area contributed by atoms with Crippen molar-refractivity contribution in [3.63, 3.8) is 0 Å². The molecule has 94 valence electrons. The molecule has 6 nitrogen and oxygen atoms in total. The van der Waals surface area contributed by atoms with Crippen LogP contribution in [0.15, 0.2) is 0 Å². The van der Waals surface area contributed by atoms with Gasteiger partial charge in [-0.25, -0.2) is 0 Å². The lowest BCUT2D eigenvalue weighted by Crippen LogP contribution is -2.49. The van der Waals surface area contributed by atoms with Crippen molar-refractivity contribution in [2.45, 2.75) is 31.7 Å². The maximum absolute atomic E-state index is 11.8. The van der Waals surface area contributed by atoms with E-state index in [-0.39, 0.29) is 25.0 Å². The first kappa shape index (κ1) is 12.0. The zero-order valence-corrected chi connectivity index (χ0v) is 9.42. The average Bonchev–Trinajstić information content (AvgIpc) is 2.67. The number of hydrogen-bond acceptors (Lipinski definition) is 4. The number of rotatable bonds is 2. The van der Waals surface area contributed by atoms with Gasteiger partial charge in [-0.3, -0.25) is 19.3 Å². The van der Waals surface area contributed by atoms with Crippen molar-refractivity contribution in [2.24, 2.45) is 5.92 Å². The molecular weight excluding hydrogens is 226 g/mol. The van der Waals surface area contributed by atoms with E-state index in [2.05, 4.69) is 0 Å². The van der Waals surface area contributed by atoms with Crippen LogP contribution in [0.1, 0.15) is 25.7 Å². The molecule has 2 atom stereocenters. The Morgan fingerprint density at radius 3 is 2.29 bits per heavy atom. The Labute approximate surface area is 98.5 Å². The van der Waals surface area contributed by atoms with Crippen LogP contribution < -0.4 is 0 Å². The van der Waals surface area contributed by atoms with Gasteiger partial charge < -0.3 is 9.84 Å². The van der Waals surface area contributed by atoms with E-state index < -0.39 is 17.9 Å². The number of carboxylic acids is 1. The molecule has 17 heavy (non-hydrogen) atoms.